The van der Waals surface area contributed by atoms with Gasteiger partial charge in [-0.05, 0) is 63.6 Å². The smallest absolute Gasteiger partial charge is 0.0695 e. The molecule has 2 aliphatic rings. The van der Waals surface area contributed by atoms with Gasteiger partial charge in [-0.1, -0.05) is 20.8 Å². The van der Waals surface area contributed by atoms with E-state index in [4.69, 9.17) is 0 Å². The summed E-state index contributed by atoms with van der Waals surface area (Å²) >= 11 is 0. The van der Waals surface area contributed by atoms with E-state index >= 15 is 0 Å². The van der Waals surface area contributed by atoms with Crippen LogP contribution in [0.3, 0.4) is 0 Å². The summed E-state index contributed by atoms with van der Waals surface area (Å²) in [5.74, 6) is 0.741. The van der Waals surface area contributed by atoms with E-state index in [2.05, 4.69) is 37.6 Å². The van der Waals surface area contributed by atoms with Crippen molar-refractivity contribution in [2.75, 3.05) is 33.2 Å². The van der Waals surface area contributed by atoms with Gasteiger partial charge in [-0.3, -0.25) is 4.90 Å². The molecule has 0 spiro atoms. The molecule has 20 heavy (non-hydrogen) atoms. The summed E-state index contributed by atoms with van der Waals surface area (Å²) in [6, 6.07) is 0.357. The number of hydrogen-bond acceptors (Lipinski definition) is 3. The van der Waals surface area contributed by atoms with Crippen LogP contribution in [0.1, 0.15) is 52.9 Å². The van der Waals surface area contributed by atoms with Gasteiger partial charge in [0.15, 0.2) is 0 Å². The van der Waals surface area contributed by atoms with Gasteiger partial charge < -0.3 is 10.0 Å². The van der Waals surface area contributed by atoms with Crippen LogP contribution < -0.4 is 0 Å². The van der Waals surface area contributed by atoms with Gasteiger partial charge in [0.2, 0.25) is 0 Å². The molecule has 0 radical (unpaired) electrons. The zero-order valence-electron chi connectivity index (χ0n) is 13.9. The first-order valence-corrected chi connectivity index (χ1v) is 8.48. The number of aliphatic hydroxyl groups excluding tert-OH is 1. The van der Waals surface area contributed by atoms with Gasteiger partial charge >= 0.3 is 0 Å². The second-order valence-electron chi connectivity index (χ2n) is 8.04. The van der Waals surface area contributed by atoms with E-state index in [1.165, 1.54) is 38.9 Å². The van der Waals surface area contributed by atoms with Crippen LogP contribution in [0.15, 0.2) is 0 Å². The lowest BCUT2D eigenvalue weighted by atomic mass is 9.70. The van der Waals surface area contributed by atoms with Gasteiger partial charge in [-0.25, -0.2) is 0 Å². The van der Waals surface area contributed by atoms with Gasteiger partial charge in [0.25, 0.3) is 0 Å². The van der Waals surface area contributed by atoms with E-state index in [9.17, 15) is 5.11 Å². The maximum Gasteiger partial charge on any atom is 0.0695 e. The fourth-order valence-corrected chi connectivity index (χ4v) is 3.86. The quantitative estimate of drug-likeness (QED) is 0.858. The predicted octanol–water partition coefficient (Wildman–Crippen LogP) is 2.59. The van der Waals surface area contributed by atoms with Crippen molar-refractivity contribution in [1.82, 2.24) is 9.80 Å². The Labute approximate surface area is 125 Å². The number of hydrogen-bond donors (Lipinski definition) is 1. The van der Waals surface area contributed by atoms with E-state index in [1.807, 2.05) is 0 Å². The first-order chi connectivity index (χ1) is 9.38. The molecule has 1 aliphatic carbocycles. The third-order valence-corrected chi connectivity index (χ3v) is 5.54. The van der Waals surface area contributed by atoms with Gasteiger partial charge in [-0.15, -0.1) is 0 Å². The highest BCUT2D eigenvalue weighted by Crippen LogP contribution is 2.39. The van der Waals surface area contributed by atoms with E-state index in [0.717, 1.165) is 25.3 Å². The molecule has 1 N–H and O–H groups in total. The molecule has 2 rings (SSSR count). The second-order valence-corrected chi connectivity index (χ2v) is 8.04. The first-order valence-electron chi connectivity index (χ1n) is 8.48. The maximum atomic E-state index is 10.4. The van der Waals surface area contributed by atoms with Crippen molar-refractivity contribution >= 4 is 0 Å². The highest BCUT2D eigenvalue weighted by atomic mass is 16.3. The lowest BCUT2D eigenvalue weighted by molar-refractivity contribution is -0.00939. The third-order valence-electron chi connectivity index (χ3n) is 5.54. The first kappa shape index (κ1) is 16.3. The van der Waals surface area contributed by atoms with Gasteiger partial charge in [0.05, 0.1) is 6.10 Å². The zero-order chi connectivity index (χ0) is 14.8. The average Bonchev–Trinajstić information content (AvgIpc) is 2.88. The molecule has 1 heterocycles. The fourth-order valence-electron chi connectivity index (χ4n) is 3.86. The average molecular weight is 282 g/mol. The lowest BCUT2D eigenvalue weighted by Gasteiger charge is -2.43. The molecule has 1 aliphatic heterocycles. The standard InChI is InChI=1S/C17H34N2O/c1-17(2,3)14-7-8-16(20)15(13-14)18(4)11-12-19-9-5-6-10-19/h14-16,20H,5-13H2,1-4H3. The molecule has 118 valence electrons. The van der Waals surface area contributed by atoms with Crippen LogP contribution in [-0.2, 0) is 0 Å². The minimum absolute atomic E-state index is 0.128. The molecular weight excluding hydrogens is 248 g/mol. The van der Waals surface area contributed by atoms with Crippen molar-refractivity contribution < 1.29 is 5.11 Å². The topological polar surface area (TPSA) is 26.7 Å². The van der Waals surface area contributed by atoms with Gasteiger partial charge in [0.1, 0.15) is 0 Å². The fraction of sp³-hybridized carbons (Fsp3) is 1.00. The largest absolute Gasteiger partial charge is 0.391 e. The molecule has 0 aromatic carbocycles. The van der Waals surface area contributed by atoms with Crippen molar-refractivity contribution in [3.8, 4) is 0 Å². The maximum absolute atomic E-state index is 10.4. The number of likely N-dealkylation sites (N-methyl/N-ethyl adjacent to an activating group) is 1. The molecule has 0 aromatic heterocycles. The van der Waals surface area contributed by atoms with Crippen LogP contribution in [0, 0.1) is 11.3 Å². The summed E-state index contributed by atoms with van der Waals surface area (Å²) in [7, 11) is 2.20. The van der Waals surface area contributed by atoms with E-state index in [0.29, 0.717) is 11.5 Å². The molecule has 0 amide bonds. The normalized spacial score (nSPS) is 33.0. The molecule has 0 aromatic rings. The minimum Gasteiger partial charge on any atom is -0.391 e. The van der Waals surface area contributed by atoms with Crippen molar-refractivity contribution in [1.29, 1.82) is 0 Å². The molecule has 1 saturated heterocycles. The SMILES string of the molecule is CN(CCN1CCCC1)C1CC(C(C)(C)C)CCC1O. The highest BCUT2D eigenvalue weighted by Gasteiger charge is 2.36. The van der Waals surface area contributed by atoms with Crippen LogP contribution >= 0.6 is 0 Å². The summed E-state index contributed by atoms with van der Waals surface area (Å²) < 4.78 is 0. The molecule has 0 bridgehead atoms. The van der Waals surface area contributed by atoms with Crippen molar-refractivity contribution in [2.24, 2.45) is 11.3 Å². The van der Waals surface area contributed by atoms with E-state index in [-0.39, 0.29) is 6.10 Å². The summed E-state index contributed by atoms with van der Waals surface area (Å²) in [4.78, 5) is 4.98. The molecule has 2 fully saturated rings. The zero-order valence-corrected chi connectivity index (χ0v) is 13.9. The highest BCUT2D eigenvalue weighted by molar-refractivity contribution is 4.90. The Balaban J connectivity index is 1.84. The van der Waals surface area contributed by atoms with Crippen LogP contribution in [0.2, 0.25) is 0 Å². The number of likely N-dealkylation sites (tertiary alicyclic amines) is 1. The molecule has 3 heteroatoms. The number of aliphatic hydroxyl groups is 1. The molecule has 1 saturated carbocycles. The molecule has 3 atom stereocenters. The van der Waals surface area contributed by atoms with Crippen LogP contribution in [0.5, 0.6) is 0 Å². The number of nitrogens with zero attached hydrogens (tertiary/aromatic N) is 2. The Morgan fingerprint density at radius 1 is 1.15 bits per heavy atom. The molecule has 3 unspecified atom stereocenters. The Bertz CT molecular complexity index is 294. The second kappa shape index (κ2) is 6.76. The van der Waals surface area contributed by atoms with E-state index < -0.39 is 0 Å². The third kappa shape index (κ3) is 4.19. The van der Waals surface area contributed by atoms with Crippen molar-refractivity contribution in [3.63, 3.8) is 0 Å². The Morgan fingerprint density at radius 2 is 1.80 bits per heavy atom. The summed E-state index contributed by atoms with van der Waals surface area (Å²) in [6.07, 6.45) is 5.91. The lowest BCUT2D eigenvalue weighted by Crippen LogP contribution is -2.49. The van der Waals surface area contributed by atoms with Crippen molar-refractivity contribution in [3.05, 3.63) is 0 Å². The molecule has 3 nitrogen and oxygen atoms in total. The summed E-state index contributed by atoms with van der Waals surface area (Å²) in [5.41, 5.74) is 0.369. The van der Waals surface area contributed by atoms with Gasteiger partial charge in [0, 0.05) is 19.1 Å². The monoisotopic (exact) mass is 282 g/mol. The van der Waals surface area contributed by atoms with Crippen LogP contribution in [0.4, 0.5) is 0 Å². The van der Waals surface area contributed by atoms with E-state index in [1.54, 1.807) is 0 Å². The van der Waals surface area contributed by atoms with Crippen molar-refractivity contribution in [2.45, 2.75) is 65.0 Å². The Kier molecular flexibility index (Phi) is 5.49. The summed E-state index contributed by atoms with van der Waals surface area (Å²) in [6.45, 7) is 11.8. The number of rotatable bonds is 4. The minimum atomic E-state index is -0.128. The van der Waals surface area contributed by atoms with Crippen LogP contribution in [-0.4, -0.2) is 60.3 Å². The predicted molar refractivity (Wildman–Crippen MR) is 84.9 cm³/mol. The van der Waals surface area contributed by atoms with Gasteiger partial charge in [-0.2, -0.15) is 0 Å². The Morgan fingerprint density at radius 3 is 2.40 bits per heavy atom. The summed E-state index contributed by atoms with van der Waals surface area (Å²) in [5, 5.41) is 10.4. The Hall–Kier alpha value is -0.120. The van der Waals surface area contributed by atoms with Crippen LogP contribution in [0.25, 0.3) is 0 Å². The molecular formula is C17H34N2O.